The number of carbonyl (C=O) groups is 1. The fourth-order valence-electron chi connectivity index (χ4n) is 3.72. The second kappa shape index (κ2) is 8.35. The maximum atomic E-state index is 12.5. The minimum absolute atomic E-state index is 0.000890. The number of para-hydroxylation sites is 1. The molecular formula is C22H24N4O2. The monoisotopic (exact) mass is 376 g/mol. The molecule has 1 amide bonds. The summed E-state index contributed by atoms with van der Waals surface area (Å²) in [4.78, 5) is 31.6. The van der Waals surface area contributed by atoms with Crippen LogP contribution < -0.4 is 10.9 Å². The number of likely N-dealkylation sites (tertiary alicyclic amines) is 1. The van der Waals surface area contributed by atoms with Crippen molar-refractivity contribution in [3.63, 3.8) is 0 Å². The molecule has 1 saturated heterocycles. The third-order valence-corrected chi connectivity index (χ3v) is 5.25. The summed E-state index contributed by atoms with van der Waals surface area (Å²) in [5, 5.41) is 3.61. The summed E-state index contributed by atoms with van der Waals surface area (Å²) in [6.07, 6.45) is 3.29. The molecule has 2 heterocycles. The number of hydrogen-bond acceptors (Lipinski definition) is 4. The fourth-order valence-corrected chi connectivity index (χ4v) is 3.72. The van der Waals surface area contributed by atoms with Gasteiger partial charge in [0.15, 0.2) is 0 Å². The predicted octanol–water partition coefficient (Wildman–Crippen LogP) is 2.18. The van der Waals surface area contributed by atoms with Gasteiger partial charge in [-0.3, -0.25) is 19.1 Å². The normalized spacial score (nSPS) is 15.6. The van der Waals surface area contributed by atoms with Crippen molar-refractivity contribution < 1.29 is 4.79 Å². The van der Waals surface area contributed by atoms with Crippen molar-refractivity contribution >= 4 is 16.8 Å². The molecule has 4 rings (SSSR count). The number of rotatable bonds is 5. The second-order valence-corrected chi connectivity index (χ2v) is 7.30. The van der Waals surface area contributed by atoms with Crippen molar-refractivity contribution in [1.29, 1.82) is 0 Å². The van der Waals surface area contributed by atoms with Crippen LogP contribution >= 0.6 is 0 Å². The first-order valence-electron chi connectivity index (χ1n) is 9.69. The van der Waals surface area contributed by atoms with Crippen LogP contribution in [0.2, 0.25) is 0 Å². The summed E-state index contributed by atoms with van der Waals surface area (Å²) >= 11 is 0. The summed E-state index contributed by atoms with van der Waals surface area (Å²) in [7, 11) is 0. The van der Waals surface area contributed by atoms with Crippen LogP contribution in [0.1, 0.15) is 18.4 Å². The van der Waals surface area contributed by atoms with E-state index in [1.165, 1.54) is 16.5 Å². The molecule has 3 aromatic rings. The van der Waals surface area contributed by atoms with Gasteiger partial charge >= 0.3 is 0 Å². The average molecular weight is 376 g/mol. The molecule has 1 fully saturated rings. The number of amides is 1. The van der Waals surface area contributed by atoms with E-state index in [0.717, 1.165) is 32.5 Å². The van der Waals surface area contributed by atoms with Crippen LogP contribution in [-0.4, -0.2) is 39.5 Å². The quantitative estimate of drug-likeness (QED) is 0.741. The van der Waals surface area contributed by atoms with Gasteiger partial charge in [-0.05, 0) is 30.5 Å². The Bertz CT molecular complexity index is 1010. The Balaban J connectivity index is 1.30. The molecule has 2 aromatic carbocycles. The maximum absolute atomic E-state index is 12.5. The van der Waals surface area contributed by atoms with E-state index >= 15 is 0 Å². The van der Waals surface area contributed by atoms with Crippen LogP contribution in [0.3, 0.4) is 0 Å². The van der Waals surface area contributed by atoms with Gasteiger partial charge in [-0.2, -0.15) is 0 Å². The van der Waals surface area contributed by atoms with Crippen LogP contribution in [0.15, 0.2) is 65.7 Å². The number of nitrogens with one attached hydrogen (secondary N) is 1. The lowest BCUT2D eigenvalue weighted by atomic mass is 10.0. The molecule has 28 heavy (non-hydrogen) atoms. The van der Waals surface area contributed by atoms with Crippen molar-refractivity contribution in [1.82, 2.24) is 19.8 Å². The summed E-state index contributed by atoms with van der Waals surface area (Å²) in [5.41, 5.74) is 1.78. The largest absolute Gasteiger partial charge is 0.352 e. The van der Waals surface area contributed by atoms with Crippen LogP contribution in [-0.2, 0) is 17.9 Å². The van der Waals surface area contributed by atoms with Crippen LogP contribution in [0, 0.1) is 0 Å². The molecule has 0 unspecified atom stereocenters. The first-order valence-corrected chi connectivity index (χ1v) is 9.69. The van der Waals surface area contributed by atoms with E-state index in [-0.39, 0.29) is 24.1 Å². The number of carbonyl (C=O) groups excluding carboxylic acids is 1. The van der Waals surface area contributed by atoms with E-state index in [0.29, 0.717) is 10.9 Å². The van der Waals surface area contributed by atoms with Crippen molar-refractivity contribution in [3.8, 4) is 0 Å². The van der Waals surface area contributed by atoms with Crippen molar-refractivity contribution in [2.45, 2.75) is 32.0 Å². The first-order chi connectivity index (χ1) is 13.7. The van der Waals surface area contributed by atoms with Gasteiger partial charge in [0, 0.05) is 25.7 Å². The number of aromatic nitrogens is 2. The highest BCUT2D eigenvalue weighted by atomic mass is 16.2. The topological polar surface area (TPSA) is 67.2 Å². The van der Waals surface area contributed by atoms with Crippen molar-refractivity contribution in [2.75, 3.05) is 13.1 Å². The second-order valence-electron chi connectivity index (χ2n) is 7.30. The smallest absolute Gasteiger partial charge is 0.261 e. The molecule has 1 N–H and O–H groups in total. The van der Waals surface area contributed by atoms with Gasteiger partial charge in [0.25, 0.3) is 5.56 Å². The average Bonchev–Trinajstić information content (AvgIpc) is 2.72. The molecule has 6 heteroatoms. The molecule has 0 aliphatic carbocycles. The zero-order valence-electron chi connectivity index (χ0n) is 15.8. The molecular weight excluding hydrogens is 352 g/mol. The Hall–Kier alpha value is -2.99. The zero-order valence-corrected chi connectivity index (χ0v) is 15.8. The van der Waals surface area contributed by atoms with E-state index in [1.807, 2.05) is 12.1 Å². The Morgan fingerprint density at radius 2 is 1.75 bits per heavy atom. The summed E-state index contributed by atoms with van der Waals surface area (Å²) in [6.45, 7) is 2.86. The molecule has 1 aromatic heterocycles. The molecule has 0 atom stereocenters. The van der Waals surface area contributed by atoms with Gasteiger partial charge in [0.1, 0.15) is 6.54 Å². The van der Waals surface area contributed by atoms with Gasteiger partial charge in [0.2, 0.25) is 5.91 Å². The lowest BCUT2D eigenvalue weighted by Crippen LogP contribution is -2.45. The van der Waals surface area contributed by atoms with E-state index in [2.05, 4.69) is 39.5 Å². The number of fused-ring (bicyclic) bond motifs is 1. The van der Waals surface area contributed by atoms with Gasteiger partial charge in [0.05, 0.1) is 17.2 Å². The van der Waals surface area contributed by atoms with Crippen LogP contribution in [0.25, 0.3) is 10.9 Å². The Labute approximate surface area is 163 Å². The van der Waals surface area contributed by atoms with Crippen molar-refractivity contribution in [3.05, 3.63) is 76.8 Å². The Kier molecular flexibility index (Phi) is 5.48. The van der Waals surface area contributed by atoms with E-state index in [9.17, 15) is 9.59 Å². The van der Waals surface area contributed by atoms with Crippen molar-refractivity contribution in [2.24, 2.45) is 0 Å². The molecule has 0 spiro atoms. The summed E-state index contributed by atoms with van der Waals surface area (Å²) in [5.74, 6) is -0.138. The fraction of sp³-hybridized carbons (Fsp3) is 0.318. The molecule has 0 bridgehead atoms. The van der Waals surface area contributed by atoms with E-state index in [4.69, 9.17) is 0 Å². The zero-order chi connectivity index (χ0) is 19.3. The van der Waals surface area contributed by atoms with E-state index < -0.39 is 0 Å². The van der Waals surface area contributed by atoms with E-state index in [1.54, 1.807) is 18.2 Å². The number of benzene rings is 2. The van der Waals surface area contributed by atoms with Crippen LogP contribution in [0.5, 0.6) is 0 Å². The predicted molar refractivity (Wildman–Crippen MR) is 109 cm³/mol. The standard InChI is InChI=1S/C22H24N4O2/c27-21(15-26-16-23-20-9-5-4-8-19(20)22(26)28)24-18-10-12-25(13-11-18)14-17-6-2-1-3-7-17/h1-9,16,18H,10-15H2,(H,24,27). The highest BCUT2D eigenvalue weighted by Gasteiger charge is 2.21. The molecule has 6 nitrogen and oxygen atoms in total. The first kappa shape index (κ1) is 18.4. The SMILES string of the molecule is O=C(Cn1cnc2ccccc2c1=O)NC1CCN(Cc2ccccc2)CC1. The highest BCUT2D eigenvalue weighted by molar-refractivity contribution is 5.79. The molecule has 144 valence electrons. The van der Waals surface area contributed by atoms with Gasteiger partial charge < -0.3 is 5.32 Å². The molecule has 0 saturated carbocycles. The lowest BCUT2D eigenvalue weighted by molar-refractivity contribution is -0.122. The highest BCUT2D eigenvalue weighted by Crippen LogP contribution is 2.14. The Morgan fingerprint density at radius 3 is 2.54 bits per heavy atom. The third-order valence-electron chi connectivity index (χ3n) is 5.25. The minimum Gasteiger partial charge on any atom is -0.352 e. The van der Waals surface area contributed by atoms with Crippen LogP contribution in [0.4, 0.5) is 0 Å². The minimum atomic E-state index is -0.182. The van der Waals surface area contributed by atoms with Gasteiger partial charge in [-0.1, -0.05) is 42.5 Å². The lowest BCUT2D eigenvalue weighted by Gasteiger charge is -2.32. The summed E-state index contributed by atoms with van der Waals surface area (Å²) < 4.78 is 1.38. The van der Waals surface area contributed by atoms with Gasteiger partial charge in [-0.15, -0.1) is 0 Å². The van der Waals surface area contributed by atoms with Gasteiger partial charge in [-0.25, -0.2) is 4.98 Å². The molecule has 1 aliphatic heterocycles. The maximum Gasteiger partial charge on any atom is 0.261 e. The number of piperidine rings is 1. The number of nitrogens with zero attached hydrogens (tertiary/aromatic N) is 3. The Morgan fingerprint density at radius 1 is 1.04 bits per heavy atom. The number of hydrogen-bond donors (Lipinski definition) is 1. The third kappa shape index (κ3) is 4.28. The summed E-state index contributed by atoms with van der Waals surface area (Å²) in [6, 6.07) is 17.8. The molecule has 0 radical (unpaired) electrons. The molecule has 1 aliphatic rings.